The van der Waals surface area contributed by atoms with E-state index in [-0.39, 0.29) is 22.3 Å². The minimum Gasteiger partial charge on any atom is -0.277 e. The maximum atomic E-state index is 13.0. The van der Waals surface area contributed by atoms with Gasteiger partial charge >= 0.3 is 22.8 Å². The molecule has 6 rings (SSSR count). The number of hydrogen-bond acceptors (Lipinski definition) is 10. The quantitative estimate of drug-likeness (QED) is 0.231. The normalized spacial score (nSPS) is 14.3. The van der Waals surface area contributed by atoms with Crippen LogP contribution in [-0.2, 0) is 0 Å². The highest BCUT2D eigenvalue weighted by molar-refractivity contribution is 6.35. The second-order valence-corrected chi connectivity index (χ2v) is 8.05. The molecule has 0 spiro atoms. The Morgan fingerprint density at radius 3 is 1.21 bits per heavy atom. The van der Waals surface area contributed by atoms with Gasteiger partial charge in [0.05, 0.1) is 22.3 Å². The summed E-state index contributed by atoms with van der Waals surface area (Å²) in [4.78, 5) is 114. The van der Waals surface area contributed by atoms with Gasteiger partial charge in [-0.2, -0.15) is 9.97 Å². The number of carbonyl (C=O) groups is 4. The molecule has 4 heterocycles. The molecule has 2 aromatic carbocycles. The van der Waals surface area contributed by atoms with Crippen LogP contribution in [0.1, 0.15) is 41.4 Å². The average molecular weight is 514 g/mol. The molecule has 0 aliphatic carbocycles. The average Bonchev–Trinajstić information content (AvgIpc) is 3.26. The number of benzene rings is 2. The lowest BCUT2D eigenvalue weighted by atomic mass is 9.97. The zero-order chi connectivity index (χ0) is 26.9. The molecule has 4 aromatic rings. The van der Waals surface area contributed by atoms with Crippen LogP contribution in [0.3, 0.4) is 0 Å². The molecule has 16 heteroatoms. The molecule has 2 aliphatic heterocycles. The third-order valence-corrected chi connectivity index (χ3v) is 5.84. The fourth-order valence-electron chi connectivity index (χ4n) is 4.20. The second-order valence-electron chi connectivity index (χ2n) is 8.05. The lowest BCUT2D eigenvalue weighted by Gasteiger charge is -2.10. The second kappa shape index (κ2) is 7.72. The van der Waals surface area contributed by atoms with Crippen LogP contribution in [0, 0.1) is 0 Å². The van der Waals surface area contributed by atoms with Crippen LogP contribution in [0.25, 0.3) is 11.1 Å². The molecule has 0 unspecified atom stereocenters. The van der Waals surface area contributed by atoms with Crippen molar-refractivity contribution >= 4 is 35.5 Å². The molecular formula is C22H10N8O8. The molecule has 0 radical (unpaired) electrons. The van der Waals surface area contributed by atoms with E-state index in [4.69, 9.17) is 0 Å². The molecule has 16 nitrogen and oxygen atoms in total. The van der Waals surface area contributed by atoms with E-state index in [0.29, 0.717) is 20.9 Å². The lowest BCUT2D eigenvalue weighted by molar-refractivity contribution is 0.0907. The number of anilines is 2. The fraction of sp³-hybridized carbons (Fsp3) is 0. The van der Waals surface area contributed by atoms with Gasteiger partial charge in [0.1, 0.15) is 0 Å². The molecule has 0 bridgehead atoms. The smallest absolute Gasteiger partial charge is 0.277 e. The Morgan fingerprint density at radius 1 is 0.474 bits per heavy atom. The van der Waals surface area contributed by atoms with Gasteiger partial charge in [0, 0.05) is 0 Å². The summed E-state index contributed by atoms with van der Waals surface area (Å²) in [5.74, 6) is -4.39. The van der Waals surface area contributed by atoms with Gasteiger partial charge < -0.3 is 0 Å². The maximum Gasteiger partial charge on any atom is 0.352 e. The first-order chi connectivity index (χ1) is 18.1. The third-order valence-electron chi connectivity index (χ3n) is 5.84. The molecular weight excluding hydrogens is 504 g/mol. The van der Waals surface area contributed by atoms with Gasteiger partial charge in [-0.15, -0.1) is 0 Å². The Kier molecular flexibility index (Phi) is 4.55. The van der Waals surface area contributed by atoms with E-state index in [1.807, 2.05) is 9.97 Å². The minimum absolute atomic E-state index is 0.00963. The van der Waals surface area contributed by atoms with Gasteiger partial charge in [-0.1, -0.05) is 12.1 Å². The van der Waals surface area contributed by atoms with Crippen molar-refractivity contribution in [1.82, 2.24) is 29.9 Å². The summed E-state index contributed by atoms with van der Waals surface area (Å²) in [5.41, 5.74) is -3.35. The van der Waals surface area contributed by atoms with Gasteiger partial charge in [0.25, 0.3) is 23.6 Å². The summed E-state index contributed by atoms with van der Waals surface area (Å²) in [6, 6.07) is 8.45. The number of nitrogens with one attached hydrogen (secondary N) is 4. The van der Waals surface area contributed by atoms with Crippen LogP contribution in [0.15, 0.2) is 55.6 Å². The van der Waals surface area contributed by atoms with E-state index >= 15 is 0 Å². The van der Waals surface area contributed by atoms with E-state index in [2.05, 4.69) is 19.9 Å². The number of rotatable bonds is 3. The van der Waals surface area contributed by atoms with Gasteiger partial charge in [-0.05, 0) is 35.4 Å². The predicted molar refractivity (Wildman–Crippen MR) is 125 cm³/mol. The van der Waals surface area contributed by atoms with Crippen LogP contribution in [-0.4, -0.2) is 53.5 Å². The van der Waals surface area contributed by atoms with Crippen LogP contribution < -0.4 is 32.6 Å². The van der Waals surface area contributed by atoms with Crippen molar-refractivity contribution < 1.29 is 19.2 Å². The number of nitrogens with zero attached hydrogens (tertiary/aromatic N) is 4. The molecule has 2 aromatic heterocycles. The Morgan fingerprint density at radius 2 is 0.842 bits per heavy atom. The van der Waals surface area contributed by atoms with E-state index < -0.39 is 58.3 Å². The molecule has 186 valence electrons. The number of aromatic nitrogens is 6. The standard InChI is InChI=1S/C22H10N8O8/c31-13-9-3-1-7(5-11(9)15(33)29(13)17-23-19(35)27-20(36)24-17)8-2-4-10-12(6-8)16(34)30(14(10)32)18-25-21(37)28-22(38)26-18/h1-6H,(H2,23,24,27,35,36)(H2,25,26,28,37,38). The first-order valence-corrected chi connectivity index (χ1v) is 10.6. The number of hydrogen-bond donors (Lipinski definition) is 4. The zero-order valence-corrected chi connectivity index (χ0v) is 18.5. The molecule has 0 saturated heterocycles. The summed E-state index contributed by atoms with van der Waals surface area (Å²) < 4.78 is 0. The van der Waals surface area contributed by atoms with E-state index in [1.165, 1.54) is 36.4 Å². The highest BCUT2D eigenvalue weighted by Crippen LogP contribution is 2.33. The Balaban J connectivity index is 1.38. The molecule has 4 amide bonds. The largest absolute Gasteiger partial charge is 0.352 e. The lowest BCUT2D eigenvalue weighted by Crippen LogP contribution is -2.36. The molecule has 2 aliphatic rings. The van der Waals surface area contributed by atoms with Crippen LogP contribution in [0.5, 0.6) is 0 Å². The van der Waals surface area contributed by atoms with Crippen molar-refractivity contribution in [3.63, 3.8) is 0 Å². The third kappa shape index (κ3) is 3.24. The first-order valence-electron chi connectivity index (χ1n) is 10.6. The Labute approximate surface area is 206 Å². The molecule has 0 fully saturated rings. The topological polar surface area (TPSA) is 232 Å². The Bertz CT molecular complexity index is 1820. The number of aromatic amines is 4. The zero-order valence-electron chi connectivity index (χ0n) is 18.5. The van der Waals surface area contributed by atoms with Crippen molar-refractivity contribution in [2.45, 2.75) is 0 Å². The summed E-state index contributed by atoms with van der Waals surface area (Å²) in [7, 11) is 0. The van der Waals surface area contributed by atoms with E-state index in [9.17, 15) is 38.4 Å². The SMILES string of the molecule is O=C1c2ccc(-c3ccc4c(c3)C(=O)N(c3nc(=O)[nH]c(=O)[nH]3)C4=O)cc2C(=O)N1c1nc(=O)[nH]c(=O)[nH]1. The molecule has 4 N–H and O–H groups in total. The van der Waals surface area contributed by atoms with Crippen LogP contribution >= 0.6 is 0 Å². The van der Waals surface area contributed by atoms with Crippen molar-refractivity contribution in [1.29, 1.82) is 0 Å². The fourth-order valence-corrected chi connectivity index (χ4v) is 4.20. The van der Waals surface area contributed by atoms with Crippen molar-refractivity contribution in [2.75, 3.05) is 9.80 Å². The number of imide groups is 2. The summed E-state index contributed by atoms with van der Waals surface area (Å²) >= 11 is 0. The van der Waals surface area contributed by atoms with Crippen molar-refractivity contribution in [2.24, 2.45) is 0 Å². The number of H-pyrrole nitrogens is 4. The van der Waals surface area contributed by atoms with Gasteiger partial charge in [0.2, 0.25) is 11.9 Å². The summed E-state index contributed by atoms with van der Waals surface area (Å²) in [6.45, 7) is 0. The van der Waals surface area contributed by atoms with E-state index in [0.717, 1.165) is 0 Å². The van der Waals surface area contributed by atoms with E-state index in [1.54, 1.807) is 0 Å². The van der Waals surface area contributed by atoms with Gasteiger partial charge in [-0.25, -0.2) is 29.0 Å². The predicted octanol–water partition coefficient (Wildman–Crippen LogP) is -1.50. The van der Waals surface area contributed by atoms with Gasteiger partial charge in [0.15, 0.2) is 0 Å². The summed E-state index contributed by atoms with van der Waals surface area (Å²) in [5, 5.41) is 0. The van der Waals surface area contributed by atoms with Crippen LogP contribution in [0.2, 0.25) is 0 Å². The maximum absolute atomic E-state index is 13.0. The van der Waals surface area contributed by atoms with Gasteiger partial charge in [-0.3, -0.25) is 39.1 Å². The van der Waals surface area contributed by atoms with Crippen LogP contribution in [0.4, 0.5) is 11.9 Å². The summed E-state index contributed by atoms with van der Waals surface area (Å²) in [6.07, 6.45) is 0. The highest BCUT2D eigenvalue weighted by atomic mass is 16.2. The number of fused-ring (bicyclic) bond motifs is 2. The molecule has 0 saturated carbocycles. The Hall–Kier alpha value is -6.06. The monoisotopic (exact) mass is 514 g/mol. The first kappa shape index (κ1) is 22.4. The number of carbonyl (C=O) groups excluding carboxylic acids is 4. The molecule has 38 heavy (non-hydrogen) atoms. The number of amides is 4. The van der Waals surface area contributed by atoms with Crippen molar-refractivity contribution in [3.8, 4) is 11.1 Å². The van der Waals surface area contributed by atoms with Crippen molar-refractivity contribution in [3.05, 3.63) is 101 Å². The molecule has 0 atom stereocenters. The highest BCUT2D eigenvalue weighted by Gasteiger charge is 2.40. The minimum atomic E-state index is -1.05.